The molecule has 0 aliphatic heterocycles. The van der Waals surface area contributed by atoms with Gasteiger partial charge in [-0.15, -0.1) is 0 Å². The fourth-order valence-electron chi connectivity index (χ4n) is 2.62. The molecule has 0 radical (unpaired) electrons. The Morgan fingerprint density at radius 2 is 0.970 bits per heavy atom. The van der Waals surface area contributed by atoms with Crippen LogP contribution in [0.2, 0.25) is 0 Å². The predicted octanol–water partition coefficient (Wildman–Crippen LogP) is 4.50. The molecule has 8 nitrogen and oxygen atoms in total. The molecule has 0 spiro atoms. The minimum absolute atomic E-state index is 0.0254. The maximum Gasteiger partial charge on any atom is 0.338 e. The molecule has 0 amide bonds. The summed E-state index contributed by atoms with van der Waals surface area (Å²) >= 11 is 0. The third-order valence-electron chi connectivity index (χ3n) is 4.28. The predicted molar refractivity (Wildman–Crippen MR) is 119 cm³/mol. The van der Waals surface area contributed by atoms with Gasteiger partial charge in [-0.1, -0.05) is 13.8 Å². The molecule has 0 aliphatic carbocycles. The first-order valence-corrected chi connectivity index (χ1v) is 10.9. The van der Waals surface area contributed by atoms with Gasteiger partial charge in [-0.3, -0.25) is 9.59 Å². The lowest BCUT2D eigenvalue weighted by Gasteiger charge is -2.07. The van der Waals surface area contributed by atoms with E-state index in [-0.39, 0.29) is 19.3 Å². The van der Waals surface area contributed by atoms with Crippen molar-refractivity contribution in [2.75, 3.05) is 13.2 Å². The highest BCUT2D eigenvalue weighted by Crippen LogP contribution is 2.16. The summed E-state index contributed by atoms with van der Waals surface area (Å²) in [6.45, 7) is 4.50. The molecule has 0 unspecified atom stereocenters. The van der Waals surface area contributed by atoms with E-state index in [0.29, 0.717) is 35.8 Å². The SMILES string of the molecule is CCCOC(=O)c1ccc(OC(=O)CCCC(=O)Oc2ccc(C(=O)OCCC)cc2)cc1. The largest absolute Gasteiger partial charge is 0.462 e. The molecule has 0 bridgehead atoms. The fourth-order valence-corrected chi connectivity index (χ4v) is 2.62. The molecule has 0 N–H and O–H groups in total. The second-order valence-corrected chi connectivity index (χ2v) is 7.12. The maximum absolute atomic E-state index is 12.0. The summed E-state index contributed by atoms with van der Waals surface area (Å²) in [6.07, 6.45) is 1.77. The molecule has 0 aromatic heterocycles. The van der Waals surface area contributed by atoms with Crippen LogP contribution in [0.3, 0.4) is 0 Å². The molecular weight excluding hydrogens is 428 g/mol. The van der Waals surface area contributed by atoms with Crippen molar-refractivity contribution in [3.8, 4) is 11.5 Å². The van der Waals surface area contributed by atoms with Crippen LogP contribution >= 0.6 is 0 Å². The summed E-state index contributed by atoms with van der Waals surface area (Å²) in [5.74, 6) is -1.27. The van der Waals surface area contributed by atoms with Crippen LogP contribution in [0.5, 0.6) is 11.5 Å². The second kappa shape index (κ2) is 13.7. The maximum atomic E-state index is 12.0. The zero-order chi connectivity index (χ0) is 24.1. The van der Waals surface area contributed by atoms with Gasteiger partial charge in [-0.25, -0.2) is 9.59 Å². The molecule has 176 valence electrons. The Morgan fingerprint density at radius 1 is 0.606 bits per heavy atom. The van der Waals surface area contributed by atoms with Crippen molar-refractivity contribution >= 4 is 23.9 Å². The molecule has 0 atom stereocenters. The van der Waals surface area contributed by atoms with E-state index in [9.17, 15) is 19.2 Å². The van der Waals surface area contributed by atoms with Crippen molar-refractivity contribution in [3.63, 3.8) is 0 Å². The lowest BCUT2D eigenvalue weighted by Crippen LogP contribution is -2.12. The number of carbonyl (C=O) groups is 4. The molecule has 0 saturated heterocycles. The van der Waals surface area contributed by atoms with Gasteiger partial charge < -0.3 is 18.9 Å². The van der Waals surface area contributed by atoms with Crippen LogP contribution < -0.4 is 9.47 Å². The molecular formula is C25H28O8. The number of hydrogen-bond acceptors (Lipinski definition) is 8. The lowest BCUT2D eigenvalue weighted by molar-refractivity contribution is -0.136. The van der Waals surface area contributed by atoms with Crippen LogP contribution in [-0.2, 0) is 19.1 Å². The van der Waals surface area contributed by atoms with Crippen molar-refractivity contribution in [1.82, 2.24) is 0 Å². The molecule has 33 heavy (non-hydrogen) atoms. The highest BCUT2D eigenvalue weighted by atomic mass is 16.5. The van der Waals surface area contributed by atoms with Crippen molar-refractivity contribution in [2.24, 2.45) is 0 Å². The number of benzene rings is 2. The third-order valence-corrected chi connectivity index (χ3v) is 4.28. The second-order valence-electron chi connectivity index (χ2n) is 7.12. The highest BCUT2D eigenvalue weighted by Gasteiger charge is 2.12. The van der Waals surface area contributed by atoms with E-state index < -0.39 is 23.9 Å². The number of ether oxygens (including phenoxy) is 4. The van der Waals surface area contributed by atoms with Crippen LogP contribution in [-0.4, -0.2) is 37.1 Å². The summed E-state index contributed by atoms with van der Waals surface area (Å²) < 4.78 is 20.5. The number of hydrogen-bond donors (Lipinski definition) is 0. The van der Waals surface area contributed by atoms with Gasteiger partial charge in [0.15, 0.2) is 0 Å². The van der Waals surface area contributed by atoms with Crippen molar-refractivity contribution in [2.45, 2.75) is 46.0 Å². The zero-order valence-electron chi connectivity index (χ0n) is 18.8. The van der Waals surface area contributed by atoms with Gasteiger partial charge in [-0.05, 0) is 67.8 Å². The Labute approximate surface area is 192 Å². The van der Waals surface area contributed by atoms with E-state index in [4.69, 9.17) is 18.9 Å². The van der Waals surface area contributed by atoms with Crippen molar-refractivity contribution in [1.29, 1.82) is 0 Å². The average Bonchev–Trinajstić information content (AvgIpc) is 2.81. The molecule has 2 aromatic rings. The Bertz CT molecular complexity index is 854. The average molecular weight is 456 g/mol. The summed E-state index contributed by atoms with van der Waals surface area (Å²) in [6, 6.07) is 12.1. The molecule has 2 rings (SSSR count). The Hall–Kier alpha value is -3.68. The Morgan fingerprint density at radius 3 is 1.30 bits per heavy atom. The third kappa shape index (κ3) is 9.14. The molecule has 0 heterocycles. The summed E-state index contributed by atoms with van der Waals surface area (Å²) in [5, 5.41) is 0. The smallest absolute Gasteiger partial charge is 0.338 e. The van der Waals surface area contributed by atoms with Gasteiger partial charge in [0.05, 0.1) is 24.3 Å². The summed E-state index contributed by atoms with van der Waals surface area (Å²) in [5.41, 5.74) is 0.744. The highest BCUT2D eigenvalue weighted by molar-refractivity contribution is 5.90. The Balaban J connectivity index is 1.71. The van der Waals surface area contributed by atoms with Crippen LogP contribution in [0.4, 0.5) is 0 Å². The van der Waals surface area contributed by atoms with Gasteiger partial charge >= 0.3 is 23.9 Å². The van der Waals surface area contributed by atoms with E-state index in [1.165, 1.54) is 48.5 Å². The van der Waals surface area contributed by atoms with Crippen LogP contribution in [0.15, 0.2) is 48.5 Å². The minimum Gasteiger partial charge on any atom is -0.462 e. The first kappa shape index (κ1) is 25.6. The molecule has 0 aliphatic rings. The molecule has 0 fully saturated rings. The van der Waals surface area contributed by atoms with E-state index in [1.807, 2.05) is 13.8 Å². The van der Waals surface area contributed by atoms with E-state index in [2.05, 4.69) is 0 Å². The number of esters is 4. The van der Waals surface area contributed by atoms with Crippen molar-refractivity contribution in [3.05, 3.63) is 59.7 Å². The van der Waals surface area contributed by atoms with Crippen molar-refractivity contribution < 1.29 is 38.1 Å². The van der Waals surface area contributed by atoms with E-state index >= 15 is 0 Å². The summed E-state index contributed by atoms with van der Waals surface area (Å²) in [7, 11) is 0. The van der Waals surface area contributed by atoms with E-state index in [0.717, 1.165) is 12.8 Å². The molecule has 0 saturated carbocycles. The normalized spacial score (nSPS) is 10.2. The van der Waals surface area contributed by atoms with Crippen LogP contribution in [0.25, 0.3) is 0 Å². The quantitative estimate of drug-likeness (QED) is 0.340. The fraction of sp³-hybridized carbons (Fsp3) is 0.360. The van der Waals surface area contributed by atoms with Gasteiger partial charge in [0.2, 0.25) is 0 Å². The van der Waals surface area contributed by atoms with Crippen LogP contribution in [0, 0.1) is 0 Å². The first-order chi connectivity index (χ1) is 15.9. The monoisotopic (exact) mass is 456 g/mol. The zero-order valence-corrected chi connectivity index (χ0v) is 18.8. The lowest BCUT2D eigenvalue weighted by atomic mass is 10.2. The number of rotatable bonds is 12. The number of carbonyl (C=O) groups excluding carboxylic acids is 4. The molecule has 8 heteroatoms. The summed E-state index contributed by atoms with van der Waals surface area (Å²) in [4.78, 5) is 47.5. The Kier molecular flexibility index (Phi) is 10.6. The topological polar surface area (TPSA) is 105 Å². The standard InChI is InChI=1S/C25H28O8/c1-3-16-30-24(28)18-8-12-20(13-9-18)32-22(26)6-5-7-23(27)33-21-14-10-19(11-15-21)25(29)31-17-4-2/h8-15H,3-7,16-17H2,1-2H3. The van der Waals surface area contributed by atoms with Gasteiger partial charge in [-0.2, -0.15) is 0 Å². The van der Waals surface area contributed by atoms with Gasteiger partial charge in [0.25, 0.3) is 0 Å². The first-order valence-electron chi connectivity index (χ1n) is 10.9. The van der Waals surface area contributed by atoms with Crippen LogP contribution in [0.1, 0.15) is 66.7 Å². The van der Waals surface area contributed by atoms with Gasteiger partial charge in [0.1, 0.15) is 11.5 Å². The molecule has 2 aromatic carbocycles. The van der Waals surface area contributed by atoms with E-state index in [1.54, 1.807) is 0 Å². The minimum atomic E-state index is -0.501. The van der Waals surface area contributed by atoms with Gasteiger partial charge in [0, 0.05) is 12.8 Å².